The maximum absolute atomic E-state index is 5.99. The van der Waals surface area contributed by atoms with Crippen molar-refractivity contribution < 1.29 is 0 Å². The fraction of sp³-hybridized carbons (Fsp3) is 0.727. The Labute approximate surface area is 100.0 Å². The monoisotopic (exact) mass is 238 g/mol. The van der Waals surface area contributed by atoms with E-state index in [1.54, 1.807) is 0 Å². The van der Waals surface area contributed by atoms with Gasteiger partial charge >= 0.3 is 0 Å². The Balaban J connectivity index is 1.93. The highest BCUT2D eigenvalue weighted by Crippen LogP contribution is 2.31. The van der Waals surface area contributed by atoms with Gasteiger partial charge in [0.05, 0.1) is 6.04 Å². The first-order valence-corrected chi connectivity index (χ1v) is 7.16. The molecule has 3 rings (SSSR count). The Kier molecular flexibility index (Phi) is 2.81. The number of thioether (sulfide) groups is 1. The lowest BCUT2D eigenvalue weighted by Gasteiger charge is -2.25. The Bertz CT molecular complexity index is 382. The first kappa shape index (κ1) is 10.5. The van der Waals surface area contributed by atoms with Crippen LogP contribution in [0.2, 0.25) is 0 Å². The van der Waals surface area contributed by atoms with Crippen LogP contribution in [0.3, 0.4) is 0 Å². The maximum atomic E-state index is 5.99. The van der Waals surface area contributed by atoms with Crippen molar-refractivity contribution in [2.24, 2.45) is 0 Å². The molecule has 1 aromatic heterocycles. The molecular formula is C11H18N4S. The first-order valence-electron chi connectivity index (χ1n) is 6.00. The van der Waals surface area contributed by atoms with Crippen LogP contribution in [0.15, 0.2) is 0 Å². The average Bonchev–Trinajstić information content (AvgIpc) is 2.69. The molecule has 1 saturated heterocycles. The molecule has 0 unspecified atom stereocenters. The molecule has 0 saturated carbocycles. The predicted octanol–water partition coefficient (Wildman–Crippen LogP) is 1.18. The Hall–Kier alpha value is -0.680. The van der Waals surface area contributed by atoms with E-state index in [0.717, 1.165) is 25.3 Å². The van der Waals surface area contributed by atoms with Crippen molar-refractivity contribution in [2.75, 3.05) is 23.8 Å². The van der Waals surface area contributed by atoms with Crippen molar-refractivity contribution in [2.45, 2.75) is 31.8 Å². The summed E-state index contributed by atoms with van der Waals surface area (Å²) in [7, 11) is 0. The molecule has 3 N–H and O–H groups in total. The molecule has 1 fully saturated rings. The van der Waals surface area contributed by atoms with E-state index in [1.807, 2.05) is 0 Å². The molecule has 2 aliphatic rings. The van der Waals surface area contributed by atoms with Crippen molar-refractivity contribution in [1.29, 1.82) is 0 Å². The summed E-state index contributed by atoms with van der Waals surface area (Å²) in [6, 6.07) is 0.588. The summed E-state index contributed by atoms with van der Waals surface area (Å²) in [5.74, 6) is 3.26. The van der Waals surface area contributed by atoms with E-state index in [9.17, 15) is 0 Å². The molecule has 4 nitrogen and oxygen atoms in total. The van der Waals surface area contributed by atoms with Gasteiger partial charge in [0.1, 0.15) is 5.82 Å². The summed E-state index contributed by atoms with van der Waals surface area (Å²) in [6.07, 6.45) is 3.56. The lowest BCUT2D eigenvalue weighted by molar-refractivity contribution is 0.408. The summed E-state index contributed by atoms with van der Waals surface area (Å²) >= 11 is 2.05. The molecule has 2 aliphatic heterocycles. The summed E-state index contributed by atoms with van der Waals surface area (Å²) in [6.45, 7) is 1.95. The number of anilines is 1. The smallest absolute Gasteiger partial charge is 0.150 e. The lowest BCUT2D eigenvalue weighted by atomic mass is 10.1. The average molecular weight is 238 g/mol. The molecule has 16 heavy (non-hydrogen) atoms. The minimum atomic E-state index is 0.588. The molecular weight excluding hydrogens is 220 g/mol. The number of rotatable bonds is 1. The summed E-state index contributed by atoms with van der Waals surface area (Å²) in [5.41, 5.74) is 8.61. The highest BCUT2D eigenvalue weighted by atomic mass is 32.2. The molecule has 0 aliphatic carbocycles. The number of nitrogens with zero attached hydrogens (tertiary/aromatic N) is 2. The fourth-order valence-electron chi connectivity index (χ4n) is 2.63. The standard InChI is InChI=1S/C11H18N4S/c12-11-9-7-13-4-1-10(9)15(14-11)8-2-5-16-6-3-8/h8,13H,1-7H2,(H2,12,14). The van der Waals surface area contributed by atoms with E-state index in [2.05, 4.69) is 26.9 Å². The van der Waals surface area contributed by atoms with Gasteiger partial charge in [0.25, 0.3) is 0 Å². The summed E-state index contributed by atoms with van der Waals surface area (Å²) in [4.78, 5) is 0. The van der Waals surface area contributed by atoms with Gasteiger partial charge in [-0.25, -0.2) is 0 Å². The van der Waals surface area contributed by atoms with E-state index in [-0.39, 0.29) is 0 Å². The van der Waals surface area contributed by atoms with Crippen molar-refractivity contribution in [3.05, 3.63) is 11.3 Å². The largest absolute Gasteiger partial charge is 0.382 e. The van der Waals surface area contributed by atoms with Crippen molar-refractivity contribution in [3.63, 3.8) is 0 Å². The molecule has 0 bridgehead atoms. The topological polar surface area (TPSA) is 55.9 Å². The SMILES string of the molecule is Nc1nn(C2CCSCC2)c2c1CNCC2. The Morgan fingerprint density at radius 1 is 1.38 bits per heavy atom. The molecule has 0 atom stereocenters. The van der Waals surface area contributed by atoms with E-state index in [1.165, 1.54) is 35.6 Å². The van der Waals surface area contributed by atoms with Crippen LogP contribution in [-0.2, 0) is 13.0 Å². The van der Waals surface area contributed by atoms with E-state index >= 15 is 0 Å². The highest BCUT2D eigenvalue weighted by molar-refractivity contribution is 7.99. The first-order chi connectivity index (χ1) is 7.86. The number of fused-ring (bicyclic) bond motifs is 1. The molecule has 5 heteroatoms. The van der Waals surface area contributed by atoms with Crippen LogP contribution in [0.4, 0.5) is 5.82 Å². The second-order valence-electron chi connectivity index (χ2n) is 4.53. The normalized spacial score (nSPS) is 22.0. The van der Waals surface area contributed by atoms with Crippen LogP contribution < -0.4 is 11.1 Å². The second kappa shape index (κ2) is 4.30. The second-order valence-corrected chi connectivity index (χ2v) is 5.75. The minimum absolute atomic E-state index is 0.588. The Morgan fingerprint density at radius 3 is 3.00 bits per heavy atom. The van der Waals surface area contributed by atoms with Crippen LogP contribution in [0.5, 0.6) is 0 Å². The van der Waals surface area contributed by atoms with Gasteiger partial charge in [-0.3, -0.25) is 4.68 Å². The van der Waals surface area contributed by atoms with Crippen LogP contribution in [0.1, 0.15) is 30.1 Å². The molecule has 3 heterocycles. The predicted molar refractivity (Wildman–Crippen MR) is 67.6 cm³/mol. The number of hydrogen-bond acceptors (Lipinski definition) is 4. The molecule has 0 spiro atoms. The number of nitrogens with two attached hydrogens (primary N) is 1. The van der Waals surface area contributed by atoms with E-state index < -0.39 is 0 Å². The third kappa shape index (κ3) is 1.72. The molecule has 1 aromatic rings. The number of nitrogens with one attached hydrogen (secondary N) is 1. The van der Waals surface area contributed by atoms with Gasteiger partial charge in [-0.1, -0.05) is 0 Å². The Morgan fingerprint density at radius 2 is 2.19 bits per heavy atom. The molecule has 0 radical (unpaired) electrons. The molecule has 88 valence electrons. The van der Waals surface area contributed by atoms with Crippen LogP contribution in [0, 0.1) is 0 Å². The van der Waals surface area contributed by atoms with Gasteiger partial charge < -0.3 is 11.1 Å². The number of nitrogen functional groups attached to an aromatic ring is 1. The van der Waals surface area contributed by atoms with Crippen molar-refractivity contribution >= 4 is 17.6 Å². The molecule has 0 amide bonds. The van der Waals surface area contributed by atoms with Crippen LogP contribution >= 0.6 is 11.8 Å². The van der Waals surface area contributed by atoms with Crippen molar-refractivity contribution in [1.82, 2.24) is 15.1 Å². The van der Waals surface area contributed by atoms with Crippen molar-refractivity contribution in [3.8, 4) is 0 Å². The maximum Gasteiger partial charge on any atom is 0.150 e. The summed E-state index contributed by atoms with van der Waals surface area (Å²) < 4.78 is 2.23. The zero-order chi connectivity index (χ0) is 11.0. The van der Waals surface area contributed by atoms with Crippen LogP contribution in [0.25, 0.3) is 0 Å². The van der Waals surface area contributed by atoms with Gasteiger partial charge in [0.15, 0.2) is 0 Å². The van der Waals surface area contributed by atoms with Crippen LogP contribution in [-0.4, -0.2) is 27.8 Å². The van der Waals surface area contributed by atoms with Gasteiger partial charge in [0.2, 0.25) is 0 Å². The highest BCUT2D eigenvalue weighted by Gasteiger charge is 2.24. The van der Waals surface area contributed by atoms with Gasteiger partial charge in [-0.05, 0) is 24.3 Å². The fourth-order valence-corrected chi connectivity index (χ4v) is 3.71. The van der Waals surface area contributed by atoms with Gasteiger partial charge in [-0.2, -0.15) is 16.9 Å². The van der Waals surface area contributed by atoms with E-state index in [4.69, 9.17) is 5.73 Å². The third-order valence-electron chi connectivity index (χ3n) is 3.53. The molecule has 0 aromatic carbocycles. The zero-order valence-electron chi connectivity index (χ0n) is 9.41. The summed E-state index contributed by atoms with van der Waals surface area (Å²) in [5, 5.41) is 7.92. The van der Waals surface area contributed by atoms with Gasteiger partial charge in [-0.15, -0.1) is 0 Å². The third-order valence-corrected chi connectivity index (χ3v) is 4.58. The lowest BCUT2D eigenvalue weighted by Crippen LogP contribution is -2.27. The van der Waals surface area contributed by atoms with Gasteiger partial charge in [0, 0.05) is 30.8 Å². The quantitative estimate of drug-likeness (QED) is 0.771. The zero-order valence-corrected chi connectivity index (χ0v) is 10.2. The van der Waals surface area contributed by atoms with E-state index in [0.29, 0.717) is 6.04 Å². The minimum Gasteiger partial charge on any atom is -0.382 e. The number of hydrogen-bond donors (Lipinski definition) is 2. The number of aromatic nitrogens is 2.